The van der Waals surface area contributed by atoms with Crippen LogP contribution in [0.25, 0.3) is 0 Å². The summed E-state index contributed by atoms with van der Waals surface area (Å²) in [5.74, 6) is -0.472. The van der Waals surface area contributed by atoms with Gasteiger partial charge in [0.15, 0.2) is 5.56 Å². The van der Waals surface area contributed by atoms with Gasteiger partial charge in [-0.05, 0) is 6.92 Å². The molecule has 2 nitrogen and oxygen atoms in total. The van der Waals surface area contributed by atoms with E-state index < -0.39 is 11.5 Å². The zero-order chi connectivity index (χ0) is 9.72. The Balaban J connectivity index is 3.92. The van der Waals surface area contributed by atoms with E-state index >= 15 is 0 Å². The van der Waals surface area contributed by atoms with Crippen LogP contribution in [0, 0.1) is 0 Å². The van der Waals surface area contributed by atoms with Crippen LogP contribution >= 0.6 is 43.5 Å². The molecule has 0 aromatic heterocycles. The van der Waals surface area contributed by atoms with Crippen molar-refractivity contribution in [1.82, 2.24) is 0 Å². The summed E-state index contributed by atoms with van der Waals surface area (Å²) in [7, 11) is 0. The minimum absolute atomic E-state index is 0.0949. The second-order valence-corrected chi connectivity index (χ2v) is 4.46. The Bertz CT molecular complexity index is 184. The lowest BCUT2D eigenvalue weighted by atomic mass is 10.4. The minimum Gasteiger partial charge on any atom is -0.441 e. The molecule has 2 atom stereocenters. The lowest BCUT2D eigenvalue weighted by Crippen LogP contribution is -2.23. The normalized spacial score (nSPS) is 15.0. The molecule has 0 saturated heterocycles. The Morgan fingerprint density at radius 2 is 2.25 bits per heavy atom. The molecule has 0 aliphatic carbocycles. The monoisotopic (exact) mass is 318 g/mol. The van der Waals surface area contributed by atoms with Crippen molar-refractivity contribution >= 4 is 49.4 Å². The minimum atomic E-state index is -0.673. The maximum Gasteiger partial charge on any atom is 0.334 e. The first kappa shape index (κ1) is 12.5. The fourth-order valence-electron chi connectivity index (χ4n) is 0.347. The lowest BCUT2D eigenvalue weighted by Gasteiger charge is -2.14. The van der Waals surface area contributed by atoms with Crippen molar-refractivity contribution in [1.29, 1.82) is 0 Å². The molecule has 0 rings (SSSR count). The molecule has 0 saturated carbocycles. The lowest BCUT2D eigenvalue weighted by molar-refractivity contribution is -0.140. The molecule has 0 bridgehead atoms. The van der Waals surface area contributed by atoms with Crippen molar-refractivity contribution < 1.29 is 9.53 Å². The van der Waals surface area contributed by atoms with Crippen LogP contribution in [0.1, 0.15) is 6.92 Å². The number of carbonyl (C=O) groups excluding carboxylic acids is 1. The van der Waals surface area contributed by atoms with Crippen LogP contribution in [0.2, 0.25) is 0 Å². The van der Waals surface area contributed by atoms with Gasteiger partial charge in [0.2, 0.25) is 0 Å². The van der Waals surface area contributed by atoms with Crippen molar-refractivity contribution in [3.05, 3.63) is 12.2 Å². The van der Waals surface area contributed by atoms with Gasteiger partial charge in [-0.2, -0.15) is 0 Å². The largest absolute Gasteiger partial charge is 0.441 e. The maximum absolute atomic E-state index is 10.9. The van der Waals surface area contributed by atoms with Crippen LogP contribution in [0.15, 0.2) is 12.2 Å². The number of hydrogen-bond acceptors (Lipinski definition) is 2. The van der Waals surface area contributed by atoms with E-state index in [9.17, 15) is 4.79 Å². The summed E-state index contributed by atoms with van der Waals surface area (Å²) in [6.07, 6.45) is 0. The molecule has 0 aliphatic heterocycles. The van der Waals surface area contributed by atoms with E-state index in [-0.39, 0.29) is 4.83 Å². The highest BCUT2D eigenvalue weighted by atomic mass is 79.9. The van der Waals surface area contributed by atoms with Crippen molar-refractivity contribution in [3.8, 4) is 0 Å². The van der Waals surface area contributed by atoms with E-state index in [1.165, 1.54) is 0 Å². The van der Waals surface area contributed by atoms with Crippen LogP contribution in [0.5, 0.6) is 0 Å². The maximum atomic E-state index is 10.9. The van der Waals surface area contributed by atoms with Gasteiger partial charge in [-0.25, -0.2) is 4.79 Å². The summed E-state index contributed by atoms with van der Waals surface area (Å²) >= 11 is 12.1. The first-order valence-electron chi connectivity index (χ1n) is 3.19. The number of alkyl halides is 3. The predicted octanol–water partition coefficient (Wildman–Crippen LogP) is 2.83. The fourth-order valence-corrected chi connectivity index (χ4v) is 1.18. The smallest absolute Gasteiger partial charge is 0.334 e. The second-order valence-electron chi connectivity index (χ2n) is 2.21. The molecule has 0 aromatic rings. The van der Waals surface area contributed by atoms with Crippen LogP contribution in [0.4, 0.5) is 0 Å². The van der Waals surface area contributed by atoms with Crippen molar-refractivity contribution in [2.75, 3.05) is 5.33 Å². The number of esters is 1. The Morgan fingerprint density at radius 3 is 2.58 bits per heavy atom. The van der Waals surface area contributed by atoms with Gasteiger partial charge in [-0.3, -0.25) is 0 Å². The average molecular weight is 320 g/mol. The van der Waals surface area contributed by atoms with E-state index in [0.717, 1.165) is 0 Å². The van der Waals surface area contributed by atoms with E-state index in [2.05, 4.69) is 38.4 Å². The molecule has 0 N–H and O–H groups in total. The number of ether oxygens (including phenoxy) is 1. The SMILES string of the molecule is C=C(C)C(=O)OC(Cl)C(Br)CBr. The highest BCUT2D eigenvalue weighted by Gasteiger charge is 2.19. The third kappa shape index (κ3) is 4.48. The van der Waals surface area contributed by atoms with E-state index in [0.29, 0.717) is 10.9 Å². The Morgan fingerprint density at radius 1 is 1.75 bits per heavy atom. The van der Waals surface area contributed by atoms with Gasteiger partial charge in [0.05, 0.1) is 4.83 Å². The molecule has 0 amide bonds. The van der Waals surface area contributed by atoms with E-state index in [4.69, 9.17) is 16.3 Å². The molecular weight excluding hydrogens is 311 g/mol. The van der Waals surface area contributed by atoms with Crippen LogP contribution in [-0.2, 0) is 9.53 Å². The number of carbonyl (C=O) groups is 1. The molecule has 70 valence electrons. The van der Waals surface area contributed by atoms with Gasteiger partial charge in [0.1, 0.15) is 0 Å². The van der Waals surface area contributed by atoms with E-state index in [1.807, 2.05) is 0 Å². The predicted molar refractivity (Wildman–Crippen MR) is 57.1 cm³/mol. The Hall–Kier alpha value is 0.460. The summed E-state index contributed by atoms with van der Waals surface area (Å²) in [5, 5.41) is 0.616. The molecule has 0 fully saturated rings. The van der Waals surface area contributed by atoms with Crippen LogP contribution < -0.4 is 0 Å². The van der Waals surface area contributed by atoms with Gasteiger partial charge >= 0.3 is 5.97 Å². The topological polar surface area (TPSA) is 26.3 Å². The second kappa shape index (κ2) is 6.00. The summed E-state index contributed by atoms with van der Waals surface area (Å²) in [4.78, 5) is 10.8. The summed E-state index contributed by atoms with van der Waals surface area (Å²) < 4.78 is 4.81. The molecule has 0 spiro atoms. The van der Waals surface area contributed by atoms with E-state index in [1.54, 1.807) is 6.92 Å². The van der Waals surface area contributed by atoms with Gasteiger partial charge in [0, 0.05) is 10.9 Å². The first-order chi connectivity index (χ1) is 5.49. The summed E-state index contributed by atoms with van der Waals surface area (Å²) in [6.45, 7) is 5.01. The number of halogens is 3. The average Bonchev–Trinajstić information content (AvgIpc) is 2.02. The van der Waals surface area contributed by atoms with Crippen LogP contribution in [-0.4, -0.2) is 21.7 Å². The zero-order valence-corrected chi connectivity index (χ0v) is 10.4. The zero-order valence-electron chi connectivity index (χ0n) is 6.52. The highest BCUT2D eigenvalue weighted by Crippen LogP contribution is 2.16. The van der Waals surface area contributed by atoms with Gasteiger partial charge in [0.25, 0.3) is 0 Å². The standard InChI is InChI=1S/C7H9Br2ClO2/c1-4(2)7(11)12-6(10)5(9)3-8/h5-6H,1,3H2,2H3. The third-order valence-electron chi connectivity index (χ3n) is 1.000. The number of hydrogen-bond donors (Lipinski definition) is 0. The van der Waals surface area contributed by atoms with Gasteiger partial charge < -0.3 is 4.74 Å². The van der Waals surface area contributed by atoms with Gasteiger partial charge in [-0.1, -0.05) is 50.0 Å². The molecule has 12 heavy (non-hydrogen) atoms. The first-order valence-corrected chi connectivity index (χ1v) is 5.67. The quantitative estimate of drug-likeness (QED) is 0.452. The molecule has 0 radical (unpaired) electrons. The molecule has 0 aliphatic rings. The van der Waals surface area contributed by atoms with Crippen molar-refractivity contribution in [2.24, 2.45) is 0 Å². The molecule has 5 heteroatoms. The van der Waals surface area contributed by atoms with Crippen molar-refractivity contribution in [2.45, 2.75) is 17.3 Å². The number of rotatable bonds is 4. The Labute approximate surface area is 93.6 Å². The molecular formula is C7H9Br2ClO2. The van der Waals surface area contributed by atoms with Crippen molar-refractivity contribution in [3.63, 3.8) is 0 Å². The summed E-state index contributed by atoms with van der Waals surface area (Å²) in [6, 6.07) is 0. The fraction of sp³-hybridized carbons (Fsp3) is 0.571. The molecule has 0 aromatic carbocycles. The van der Waals surface area contributed by atoms with Gasteiger partial charge in [-0.15, -0.1) is 0 Å². The third-order valence-corrected chi connectivity index (χ3v) is 4.07. The Kier molecular flexibility index (Phi) is 6.23. The van der Waals surface area contributed by atoms with Crippen LogP contribution in [0.3, 0.4) is 0 Å². The highest BCUT2D eigenvalue weighted by molar-refractivity contribution is 9.12. The molecule has 2 unspecified atom stereocenters. The molecule has 0 heterocycles. The summed E-state index contributed by atoms with van der Waals surface area (Å²) in [5.41, 5.74) is -0.330.